The van der Waals surface area contributed by atoms with E-state index in [-0.39, 0.29) is 36.6 Å². The van der Waals surface area contributed by atoms with Crippen molar-refractivity contribution in [1.29, 1.82) is 0 Å². The van der Waals surface area contributed by atoms with Crippen molar-refractivity contribution in [3.8, 4) is 0 Å². The first-order chi connectivity index (χ1) is 9.65. The van der Waals surface area contributed by atoms with Crippen LogP contribution in [0.2, 0.25) is 0 Å². The fraction of sp³-hybridized carbons (Fsp3) is 0.938. The largest absolute Gasteiger partial charge is 0.356 e. The van der Waals surface area contributed by atoms with Gasteiger partial charge in [0, 0.05) is 26.2 Å². The molecule has 1 amide bonds. The summed E-state index contributed by atoms with van der Waals surface area (Å²) in [5.74, 6) is 2.08. The Bertz CT molecular complexity index is 302. The van der Waals surface area contributed by atoms with Crippen molar-refractivity contribution in [3.63, 3.8) is 0 Å². The molecule has 0 saturated carbocycles. The normalized spacial score (nSPS) is 29.1. The molecule has 2 aliphatic rings. The van der Waals surface area contributed by atoms with Crippen LogP contribution >= 0.6 is 24.8 Å². The number of likely N-dealkylation sites (tertiary alicyclic amines) is 1. The van der Waals surface area contributed by atoms with Crippen LogP contribution in [-0.4, -0.2) is 50.1 Å². The van der Waals surface area contributed by atoms with E-state index >= 15 is 0 Å². The summed E-state index contributed by atoms with van der Waals surface area (Å²) in [7, 11) is 0. The first kappa shape index (κ1) is 22.0. The minimum absolute atomic E-state index is 0. The molecule has 132 valence electrons. The summed E-state index contributed by atoms with van der Waals surface area (Å²) in [4.78, 5) is 14.6. The molecule has 0 aliphatic carbocycles. The number of hydrogen-bond acceptors (Lipinski definition) is 3. The summed E-state index contributed by atoms with van der Waals surface area (Å²) in [6.07, 6.45) is 4.61. The molecule has 0 radical (unpaired) electrons. The van der Waals surface area contributed by atoms with Crippen molar-refractivity contribution in [2.24, 2.45) is 17.8 Å². The number of nitrogens with one attached hydrogen (secondary N) is 2. The third-order valence-electron chi connectivity index (χ3n) is 4.56. The highest BCUT2D eigenvalue weighted by molar-refractivity contribution is 5.85. The van der Waals surface area contributed by atoms with Gasteiger partial charge in [-0.15, -0.1) is 24.8 Å². The Kier molecular flexibility index (Phi) is 11.5. The highest BCUT2D eigenvalue weighted by Gasteiger charge is 2.22. The second-order valence-electron chi connectivity index (χ2n) is 6.89. The standard InChI is InChI=1S/C16H31N3O.2ClH/c1-13-9-14(2)12-19(11-13)8-4-7-18-16(20)15-5-3-6-17-10-15;;/h13-15,17H,3-12H2,1-2H3,(H,18,20);2*1H. The van der Waals surface area contributed by atoms with E-state index in [1.54, 1.807) is 0 Å². The molecule has 2 saturated heterocycles. The van der Waals surface area contributed by atoms with Crippen LogP contribution in [0.25, 0.3) is 0 Å². The molecule has 2 N–H and O–H groups in total. The van der Waals surface area contributed by atoms with E-state index in [1.165, 1.54) is 19.5 Å². The zero-order valence-corrected chi connectivity index (χ0v) is 15.6. The van der Waals surface area contributed by atoms with Crippen molar-refractivity contribution >= 4 is 30.7 Å². The first-order valence-electron chi connectivity index (χ1n) is 8.36. The summed E-state index contributed by atoms with van der Waals surface area (Å²) in [5, 5.41) is 6.41. The van der Waals surface area contributed by atoms with Crippen LogP contribution in [0.1, 0.15) is 39.5 Å². The third-order valence-corrected chi connectivity index (χ3v) is 4.56. The molecule has 22 heavy (non-hydrogen) atoms. The molecule has 0 aromatic heterocycles. The number of carbonyl (C=O) groups is 1. The van der Waals surface area contributed by atoms with Crippen molar-refractivity contribution < 1.29 is 4.79 Å². The Morgan fingerprint density at radius 3 is 2.50 bits per heavy atom. The van der Waals surface area contributed by atoms with Crippen molar-refractivity contribution in [2.75, 3.05) is 39.3 Å². The second-order valence-corrected chi connectivity index (χ2v) is 6.89. The smallest absolute Gasteiger partial charge is 0.224 e. The fourth-order valence-corrected chi connectivity index (χ4v) is 3.71. The SMILES string of the molecule is CC1CC(C)CN(CCCNC(=O)C2CCCNC2)C1.Cl.Cl. The van der Waals surface area contributed by atoms with Gasteiger partial charge in [0.1, 0.15) is 0 Å². The third kappa shape index (κ3) is 7.49. The van der Waals surface area contributed by atoms with E-state index in [2.05, 4.69) is 29.4 Å². The molecular formula is C16H33Cl2N3O. The number of carbonyl (C=O) groups excluding carboxylic acids is 1. The van der Waals surface area contributed by atoms with Crippen LogP contribution in [0.4, 0.5) is 0 Å². The molecule has 0 aromatic carbocycles. The van der Waals surface area contributed by atoms with Gasteiger partial charge in [0.2, 0.25) is 5.91 Å². The van der Waals surface area contributed by atoms with Crippen LogP contribution in [0.3, 0.4) is 0 Å². The lowest BCUT2D eigenvalue weighted by atomic mass is 9.92. The topological polar surface area (TPSA) is 44.4 Å². The van der Waals surface area contributed by atoms with Gasteiger partial charge in [-0.25, -0.2) is 0 Å². The maximum Gasteiger partial charge on any atom is 0.224 e. The molecule has 3 unspecified atom stereocenters. The summed E-state index contributed by atoms with van der Waals surface area (Å²) in [6.45, 7) is 11.0. The Balaban J connectivity index is 0.00000220. The Hall–Kier alpha value is -0.0300. The fourth-order valence-electron chi connectivity index (χ4n) is 3.71. The van der Waals surface area contributed by atoms with Gasteiger partial charge in [0.15, 0.2) is 0 Å². The van der Waals surface area contributed by atoms with Crippen molar-refractivity contribution in [1.82, 2.24) is 15.5 Å². The van der Waals surface area contributed by atoms with E-state index in [0.717, 1.165) is 57.3 Å². The van der Waals surface area contributed by atoms with Gasteiger partial charge in [0.05, 0.1) is 5.92 Å². The minimum Gasteiger partial charge on any atom is -0.356 e. The molecule has 2 heterocycles. The van der Waals surface area contributed by atoms with Gasteiger partial charge in [-0.05, 0) is 50.6 Å². The second kappa shape index (κ2) is 11.5. The van der Waals surface area contributed by atoms with E-state index in [4.69, 9.17) is 0 Å². The summed E-state index contributed by atoms with van der Waals surface area (Å²) in [6, 6.07) is 0. The first-order valence-corrected chi connectivity index (χ1v) is 8.36. The quantitative estimate of drug-likeness (QED) is 0.745. The van der Waals surface area contributed by atoms with E-state index in [9.17, 15) is 4.79 Å². The van der Waals surface area contributed by atoms with E-state index in [1.807, 2.05) is 0 Å². The van der Waals surface area contributed by atoms with Crippen LogP contribution in [0.15, 0.2) is 0 Å². The molecular weight excluding hydrogens is 321 g/mol. The summed E-state index contributed by atoms with van der Waals surface area (Å²) in [5.41, 5.74) is 0. The highest BCUT2D eigenvalue weighted by atomic mass is 35.5. The molecule has 2 aliphatic heterocycles. The van der Waals surface area contributed by atoms with Gasteiger partial charge in [-0.3, -0.25) is 4.79 Å². The minimum atomic E-state index is 0. The molecule has 0 bridgehead atoms. The average molecular weight is 354 g/mol. The van der Waals surface area contributed by atoms with Gasteiger partial charge in [-0.2, -0.15) is 0 Å². The number of hydrogen-bond donors (Lipinski definition) is 2. The zero-order chi connectivity index (χ0) is 14.4. The van der Waals surface area contributed by atoms with Crippen LogP contribution in [0, 0.1) is 17.8 Å². The van der Waals surface area contributed by atoms with E-state index in [0.29, 0.717) is 0 Å². The van der Waals surface area contributed by atoms with Crippen molar-refractivity contribution in [3.05, 3.63) is 0 Å². The van der Waals surface area contributed by atoms with E-state index < -0.39 is 0 Å². The molecule has 4 nitrogen and oxygen atoms in total. The lowest BCUT2D eigenvalue weighted by Gasteiger charge is -2.35. The maximum atomic E-state index is 12.0. The van der Waals surface area contributed by atoms with Gasteiger partial charge in [0.25, 0.3) is 0 Å². The molecule has 3 atom stereocenters. The molecule has 6 heteroatoms. The predicted molar refractivity (Wildman–Crippen MR) is 97.1 cm³/mol. The van der Waals surface area contributed by atoms with Crippen LogP contribution in [-0.2, 0) is 4.79 Å². The maximum absolute atomic E-state index is 12.0. The zero-order valence-electron chi connectivity index (χ0n) is 14.0. The monoisotopic (exact) mass is 353 g/mol. The summed E-state index contributed by atoms with van der Waals surface area (Å²) >= 11 is 0. The summed E-state index contributed by atoms with van der Waals surface area (Å²) < 4.78 is 0. The number of rotatable bonds is 5. The molecule has 2 rings (SSSR count). The van der Waals surface area contributed by atoms with Crippen LogP contribution < -0.4 is 10.6 Å². The van der Waals surface area contributed by atoms with Gasteiger partial charge in [-0.1, -0.05) is 13.8 Å². The Labute approximate surface area is 148 Å². The highest BCUT2D eigenvalue weighted by Crippen LogP contribution is 2.20. The number of piperidine rings is 2. The van der Waals surface area contributed by atoms with Crippen LogP contribution in [0.5, 0.6) is 0 Å². The van der Waals surface area contributed by atoms with Gasteiger partial charge >= 0.3 is 0 Å². The molecule has 0 aromatic rings. The Morgan fingerprint density at radius 1 is 1.23 bits per heavy atom. The van der Waals surface area contributed by atoms with Gasteiger partial charge < -0.3 is 15.5 Å². The number of amides is 1. The lowest BCUT2D eigenvalue weighted by molar-refractivity contribution is -0.125. The number of halogens is 2. The Morgan fingerprint density at radius 2 is 1.91 bits per heavy atom. The predicted octanol–water partition coefficient (Wildman–Crippen LogP) is 2.31. The average Bonchev–Trinajstić information content (AvgIpc) is 2.43. The van der Waals surface area contributed by atoms with Crippen molar-refractivity contribution in [2.45, 2.75) is 39.5 Å². The lowest BCUT2D eigenvalue weighted by Crippen LogP contribution is -2.42. The molecule has 2 fully saturated rings. The molecule has 0 spiro atoms. The number of nitrogens with zero attached hydrogens (tertiary/aromatic N) is 1.